The van der Waals surface area contributed by atoms with E-state index in [0.717, 1.165) is 43.2 Å². The molecule has 0 bridgehead atoms. The fourth-order valence-corrected chi connectivity index (χ4v) is 3.39. The number of amides is 1. The number of benzene rings is 2. The van der Waals surface area contributed by atoms with Crippen molar-refractivity contribution in [1.29, 1.82) is 0 Å². The number of nitrogens with zero attached hydrogens (tertiary/aromatic N) is 1. The largest absolute Gasteiger partial charge is 0.338 e. The van der Waals surface area contributed by atoms with E-state index in [9.17, 15) is 4.79 Å². The van der Waals surface area contributed by atoms with Crippen molar-refractivity contribution >= 4 is 21.8 Å². The molecule has 2 aromatic rings. The van der Waals surface area contributed by atoms with Gasteiger partial charge in [-0.2, -0.15) is 0 Å². The third-order valence-electron chi connectivity index (χ3n) is 4.50. The van der Waals surface area contributed by atoms with Crippen molar-refractivity contribution in [2.45, 2.75) is 38.6 Å². The van der Waals surface area contributed by atoms with Crippen molar-refractivity contribution < 1.29 is 4.79 Å². The Bertz CT molecular complexity index is 666. The summed E-state index contributed by atoms with van der Waals surface area (Å²) in [7, 11) is 0. The summed E-state index contributed by atoms with van der Waals surface area (Å²) in [4.78, 5) is 14.4. The van der Waals surface area contributed by atoms with E-state index in [-0.39, 0.29) is 0 Å². The quantitative estimate of drug-likeness (QED) is 0.694. The molecule has 1 aliphatic rings. The second kappa shape index (κ2) is 7.78. The molecule has 0 fully saturated rings. The average Bonchev–Trinajstić information content (AvgIpc) is 2.59. The summed E-state index contributed by atoms with van der Waals surface area (Å²) >= 11 is 3.45. The second-order valence-corrected chi connectivity index (χ2v) is 7.08. The number of carbonyl (C=O) groups is 1. The van der Waals surface area contributed by atoms with Crippen molar-refractivity contribution in [3.05, 3.63) is 69.7 Å². The molecule has 2 aromatic carbocycles. The topological polar surface area (TPSA) is 20.3 Å². The molecule has 23 heavy (non-hydrogen) atoms. The van der Waals surface area contributed by atoms with Gasteiger partial charge in [0.25, 0.3) is 0 Å². The second-order valence-electron chi connectivity index (χ2n) is 6.17. The van der Waals surface area contributed by atoms with Gasteiger partial charge in [0.15, 0.2) is 0 Å². The van der Waals surface area contributed by atoms with Crippen LogP contribution >= 0.6 is 15.9 Å². The third-order valence-corrected chi connectivity index (χ3v) is 5.03. The molecule has 0 aliphatic carbocycles. The number of aryl methyl sites for hydroxylation is 1. The average molecular weight is 372 g/mol. The number of hydrogen-bond donors (Lipinski definition) is 0. The van der Waals surface area contributed by atoms with Crippen LogP contribution < -0.4 is 0 Å². The van der Waals surface area contributed by atoms with Gasteiger partial charge in [0.2, 0.25) is 5.91 Å². The molecule has 0 aromatic heterocycles. The molecule has 0 radical (unpaired) electrons. The van der Waals surface area contributed by atoms with E-state index < -0.39 is 0 Å². The van der Waals surface area contributed by atoms with Gasteiger partial charge in [-0.05, 0) is 54.5 Å². The van der Waals surface area contributed by atoms with E-state index in [2.05, 4.69) is 64.5 Å². The van der Waals surface area contributed by atoms with Crippen LogP contribution in [0.25, 0.3) is 0 Å². The normalized spacial score (nSPS) is 13.7. The minimum Gasteiger partial charge on any atom is -0.338 e. The van der Waals surface area contributed by atoms with Crippen LogP contribution in [0.1, 0.15) is 36.0 Å². The van der Waals surface area contributed by atoms with Crippen molar-refractivity contribution in [2.75, 3.05) is 6.54 Å². The van der Waals surface area contributed by atoms with Crippen LogP contribution in [0.15, 0.2) is 53.0 Å². The molecule has 0 saturated carbocycles. The highest BCUT2D eigenvalue weighted by Crippen LogP contribution is 2.20. The summed E-state index contributed by atoms with van der Waals surface area (Å²) in [5.41, 5.74) is 4.04. The van der Waals surface area contributed by atoms with Gasteiger partial charge >= 0.3 is 0 Å². The van der Waals surface area contributed by atoms with Gasteiger partial charge in [0.1, 0.15) is 0 Å². The Labute approximate surface area is 146 Å². The molecule has 2 nitrogen and oxygen atoms in total. The Kier molecular flexibility index (Phi) is 5.50. The molecule has 1 heterocycles. The standard InChI is InChI=1S/C20H22BrNO/c21-19-11-9-16(10-12-19)5-1-4-8-20(23)22-14-13-17-6-2-3-7-18(17)15-22/h2-3,6-7,9-12H,1,4-5,8,13-15H2. The van der Waals surface area contributed by atoms with E-state index in [1.807, 2.05) is 4.90 Å². The zero-order chi connectivity index (χ0) is 16.1. The molecule has 0 saturated heterocycles. The van der Waals surface area contributed by atoms with Crippen molar-refractivity contribution in [3.8, 4) is 0 Å². The van der Waals surface area contributed by atoms with Crippen LogP contribution in [-0.4, -0.2) is 17.4 Å². The maximum absolute atomic E-state index is 12.4. The lowest BCUT2D eigenvalue weighted by atomic mass is 9.99. The first kappa shape index (κ1) is 16.3. The highest BCUT2D eigenvalue weighted by atomic mass is 79.9. The first-order valence-electron chi connectivity index (χ1n) is 8.31. The van der Waals surface area contributed by atoms with E-state index >= 15 is 0 Å². The summed E-state index contributed by atoms with van der Waals surface area (Å²) in [5, 5.41) is 0. The lowest BCUT2D eigenvalue weighted by molar-refractivity contribution is -0.132. The van der Waals surface area contributed by atoms with Gasteiger partial charge < -0.3 is 4.90 Å². The number of rotatable bonds is 5. The van der Waals surface area contributed by atoms with Gasteiger partial charge in [-0.1, -0.05) is 52.3 Å². The van der Waals surface area contributed by atoms with Gasteiger partial charge in [-0.25, -0.2) is 0 Å². The molecule has 1 amide bonds. The summed E-state index contributed by atoms with van der Waals surface area (Å²) in [6.07, 6.45) is 4.73. The van der Waals surface area contributed by atoms with Gasteiger partial charge in [0, 0.05) is 24.0 Å². The van der Waals surface area contributed by atoms with Crippen LogP contribution in [0.3, 0.4) is 0 Å². The van der Waals surface area contributed by atoms with Crippen LogP contribution in [0, 0.1) is 0 Å². The molecule has 120 valence electrons. The highest BCUT2D eigenvalue weighted by molar-refractivity contribution is 9.10. The predicted octanol–water partition coefficient (Wildman–Crippen LogP) is 4.75. The minimum atomic E-state index is 0.301. The molecule has 3 rings (SSSR count). The van der Waals surface area contributed by atoms with Crippen LogP contribution in [-0.2, 0) is 24.2 Å². The summed E-state index contributed by atoms with van der Waals surface area (Å²) in [6, 6.07) is 16.9. The third kappa shape index (κ3) is 4.44. The van der Waals surface area contributed by atoms with Crippen molar-refractivity contribution in [1.82, 2.24) is 4.90 Å². The van der Waals surface area contributed by atoms with E-state index in [0.29, 0.717) is 12.3 Å². The highest BCUT2D eigenvalue weighted by Gasteiger charge is 2.19. The first-order valence-corrected chi connectivity index (χ1v) is 9.11. The summed E-state index contributed by atoms with van der Waals surface area (Å²) < 4.78 is 1.11. The maximum Gasteiger partial charge on any atom is 0.222 e. The van der Waals surface area contributed by atoms with E-state index in [4.69, 9.17) is 0 Å². The molecule has 0 unspecified atom stereocenters. The SMILES string of the molecule is O=C(CCCCc1ccc(Br)cc1)N1CCc2ccccc2C1. The van der Waals surface area contributed by atoms with Gasteiger partial charge in [-0.15, -0.1) is 0 Å². The molecular formula is C20H22BrNO. The Morgan fingerprint density at radius 3 is 2.52 bits per heavy atom. The van der Waals surface area contributed by atoms with Gasteiger partial charge in [0.05, 0.1) is 0 Å². The molecule has 0 atom stereocenters. The number of halogens is 1. The zero-order valence-corrected chi connectivity index (χ0v) is 14.9. The summed E-state index contributed by atoms with van der Waals surface area (Å²) in [5.74, 6) is 0.301. The Morgan fingerprint density at radius 2 is 1.74 bits per heavy atom. The Balaban J connectivity index is 1.42. The van der Waals surface area contributed by atoms with Crippen LogP contribution in [0.5, 0.6) is 0 Å². The molecular weight excluding hydrogens is 350 g/mol. The molecule has 3 heteroatoms. The minimum absolute atomic E-state index is 0.301. The fraction of sp³-hybridized carbons (Fsp3) is 0.350. The molecule has 0 N–H and O–H groups in total. The predicted molar refractivity (Wildman–Crippen MR) is 97.3 cm³/mol. The number of fused-ring (bicyclic) bond motifs is 1. The van der Waals surface area contributed by atoms with E-state index in [1.54, 1.807) is 0 Å². The maximum atomic E-state index is 12.4. The molecule has 1 aliphatic heterocycles. The number of carbonyl (C=O) groups excluding carboxylic acids is 1. The van der Waals surface area contributed by atoms with Gasteiger partial charge in [-0.3, -0.25) is 4.79 Å². The van der Waals surface area contributed by atoms with Crippen molar-refractivity contribution in [2.24, 2.45) is 0 Å². The zero-order valence-electron chi connectivity index (χ0n) is 13.3. The first-order chi connectivity index (χ1) is 11.2. The Hall–Kier alpha value is -1.61. The lowest BCUT2D eigenvalue weighted by Crippen LogP contribution is -2.35. The smallest absolute Gasteiger partial charge is 0.222 e. The molecule has 0 spiro atoms. The van der Waals surface area contributed by atoms with Crippen molar-refractivity contribution in [3.63, 3.8) is 0 Å². The van der Waals surface area contributed by atoms with E-state index in [1.165, 1.54) is 16.7 Å². The fourth-order valence-electron chi connectivity index (χ4n) is 3.12. The van der Waals surface area contributed by atoms with Crippen LogP contribution in [0.2, 0.25) is 0 Å². The number of hydrogen-bond acceptors (Lipinski definition) is 1. The monoisotopic (exact) mass is 371 g/mol. The van der Waals surface area contributed by atoms with Crippen LogP contribution in [0.4, 0.5) is 0 Å². The summed E-state index contributed by atoms with van der Waals surface area (Å²) in [6.45, 7) is 1.64. The number of unbranched alkanes of at least 4 members (excludes halogenated alkanes) is 1. The Morgan fingerprint density at radius 1 is 1.00 bits per heavy atom. The lowest BCUT2D eigenvalue weighted by Gasteiger charge is -2.29.